The number of benzene rings is 8. The predicted octanol–water partition coefficient (Wildman–Crippen LogP) is 11.9. The number of fused-ring (bicyclic) bond motifs is 14. The highest BCUT2D eigenvalue weighted by molar-refractivity contribution is 6.35. The highest BCUT2D eigenvalue weighted by Gasteiger charge is 2.25. The van der Waals surface area contributed by atoms with Crippen LogP contribution in [-0.2, 0) is 0 Å². The fourth-order valence-electron chi connectivity index (χ4n) is 8.69. The van der Waals surface area contributed by atoms with E-state index in [0.717, 1.165) is 44.0 Å². The molecule has 0 radical (unpaired) electrons. The molecule has 0 N–H and O–H groups in total. The maximum Gasteiger partial charge on any atom is 0.235 e. The van der Waals surface area contributed by atoms with Crippen LogP contribution in [0.3, 0.4) is 0 Å². The molecular weight excluding hydrogens is 609 g/mol. The first-order valence-corrected chi connectivity index (χ1v) is 17.1. The van der Waals surface area contributed by atoms with Gasteiger partial charge in [0.25, 0.3) is 0 Å². The van der Waals surface area contributed by atoms with Gasteiger partial charge in [0.1, 0.15) is 0 Å². The van der Waals surface area contributed by atoms with Crippen LogP contribution in [0.4, 0.5) is 0 Å². The van der Waals surface area contributed by atoms with Crippen LogP contribution in [0, 0.1) is 0 Å². The van der Waals surface area contributed by atoms with Gasteiger partial charge in [-0.2, -0.15) is 0 Å². The van der Waals surface area contributed by atoms with Crippen LogP contribution in [0.1, 0.15) is 0 Å². The van der Waals surface area contributed by atoms with Gasteiger partial charge in [0.05, 0.1) is 38.8 Å². The molecule has 0 spiro atoms. The van der Waals surface area contributed by atoms with E-state index in [9.17, 15) is 0 Å². The second kappa shape index (κ2) is 9.43. The summed E-state index contributed by atoms with van der Waals surface area (Å²) in [5.74, 6) is 0.671. The van der Waals surface area contributed by atoms with Crippen molar-refractivity contribution >= 4 is 92.3 Å². The third-order valence-corrected chi connectivity index (χ3v) is 10.8. The van der Waals surface area contributed by atoms with Crippen molar-refractivity contribution in [3.63, 3.8) is 0 Å². The molecule has 0 aliphatic carbocycles. The molecule has 50 heavy (non-hydrogen) atoms. The average Bonchev–Trinajstić information content (AvgIpc) is 3.82. The molecule has 4 nitrogen and oxygen atoms in total. The average molecular weight is 635 g/mol. The quantitative estimate of drug-likeness (QED) is 0.177. The summed E-state index contributed by atoms with van der Waals surface area (Å²) in [7, 11) is 0. The molecule has 4 heteroatoms. The van der Waals surface area contributed by atoms with Crippen molar-refractivity contribution in [3.05, 3.63) is 158 Å². The number of hydrogen-bond acceptors (Lipinski definition) is 2. The van der Waals surface area contributed by atoms with Crippen molar-refractivity contribution < 1.29 is 0 Å². The van der Waals surface area contributed by atoms with E-state index in [4.69, 9.17) is 9.97 Å². The minimum absolute atomic E-state index is 0.671. The Balaban J connectivity index is 1.29. The third-order valence-electron chi connectivity index (χ3n) is 10.8. The van der Waals surface area contributed by atoms with Gasteiger partial charge >= 0.3 is 0 Å². The second-order valence-electron chi connectivity index (χ2n) is 13.4. The molecule has 0 saturated carbocycles. The molecule has 0 fully saturated rings. The highest BCUT2D eigenvalue weighted by Crippen LogP contribution is 2.46. The van der Waals surface area contributed by atoms with E-state index in [1.54, 1.807) is 0 Å². The summed E-state index contributed by atoms with van der Waals surface area (Å²) in [6, 6.07) is 56.8. The summed E-state index contributed by atoms with van der Waals surface area (Å²) in [5, 5.41) is 13.2. The molecule has 4 aromatic heterocycles. The molecule has 0 aliphatic rings. The van der Waals surface area contributed by atoms with Gasteiger partial charge in [0.15, 0.2) is 0 Å². The Kier molecular flexibility index (Phi) is 4.94. The van der Waals surface area contributed by atoms with E-state index in [-0.39, 0.29) is 0 Å². The van der Waals surface area contributed by atoms with E-state index in [1.165, 1.54) is 59.6 Å². The monoisotopic (exact) mass is 634 g/mol. The Morgan fingerprint density at radius 1 is 0.380 bits per heavy atom. The van der Waals surface area contributed by atoms with Gasteiger partial charge in [-0.05, 0) is 52.6 Å². The lowest BCUT2D eigenvalue weighted by atomic mass is 10.00. The molecule has 0 atom stereocenters. The zero-order chi connectivity index (χ0) is 32.5. The van der Waals surface area contributed by atoms with Crippen molar-refractivity contribution in [1.29, 1.82) is 0 Å². The summed E-state index contributed by atoms with van der Waals surface area (Å²) in [4.78, 5) is 11.0. The first kappa shape index (κ1) is 26.2. The minimum atomic E-state index is 0.671. The van der Waals surface area contributed by atoms with Crippen LogP contribution < -0.4 is 0 Å². The summed E-state index contributed by atoms with van der Waals surface area (Å²) in [6.07, 6.45) is 0. The van der Waals surface area contributed by atoms with Gasteiger partial charge in [-0.1, -0.05) is 121 Å². The minimum Gasteiger partial charge on any atom is -0.308 e. The van der Waals surface area contributed by atoms with E-state index in [0.29, 0.717) is 5.95 Å². The van der Waals surface area contributed by atoms with E-state index in [2.05, 4.69) is 167 Å². The van der Waals surface area contributed by atoms with Crippen molar-refractivity contribution in [2.75, 3.05) is 0 Å². The largest absolute Gasteiger partial charge is 0.308 e. The molecule has 0 amide bonds. The first-order valence-electron chi connectivity index (χ1n) is 17.1. The van der Waals surface area contributed by atoms with Gasteiger partial charge in [0, 0.05) is 48.7 Å². The first-order chi connectivity index (χ1) is 24.8. The molecule has 12 rings (SSSR count). The summed E-state index contributed by atoms with van der Waals surface area (Å²) < 4.78 is 4.76. The lowest BCUT2D eigenvalue weighted by Crippen LogP contribution is -2.04. The molecule has 230 valence electrons. The van der Waals surface area contributed by atoms with Crippen molar-refractivity contribution in [1.82, 2.24) is 18.9 Å². The Hall–Kier alpha value is -6.78. The van der Waals surface area contributed by atoms with Crippen LogP contribution in [0.15, 0.2) is 158 Å². The SMILES string of the molecule is c1ccc2cc(-c3nc(-n4c5ccccc5c5c6c7ccccc7n7c8ccccc8c(cc54)c67)nc4c3ccc3ccccc34)ccc2c1. The zero-order valence-corrected chi connectivity index (χ0v) is 26.8. The molecule has 0 saturated heterocycles. The maximum absolute atomic E-state index is 5.52. The lowest BCUT2D eigenvalue weighted by molar-refractivity contribution is 1.02. The highest BCUT2D eigenvalue weighted by atomic mass is 15.2. The Bertz CT molecular complexity index is 3380. The molecule has 0 aliphatic heterocycles. The van der Waals surface area contributed by atoms with Crippen molar-refractivity contribution in [3.8, 4) is 17.2 Å². The number of rotatable bonds is 2. The van der Waals surface area contributed by atoms with E-state index >= 15 is 0 Å². The van der Waals surface area contributed by atoms with Crippen LogP contribution >= 0.6 is 0 Å². The zero-order valence-electron chi connectivity index (χ0n) is 26.8. The smallest absolute Gasteiger partial charge is 0.235 e. The number of para-hydroxylation sites is 3. The van der Waals surface area contributed by atoms with Gasteiger partial charge in [-0.15, -0.1) is 0 Å². The fraction of sp³-hybridized carbons (Fsp3) is 0. The molecule has 0 bridgehead atoms. The van der Waals surface area contributed by atoms with Crippen LogP contribution in [0.5, 0.6) is 0 Å². The van der Waals surface area contributed by atoms with Gasteiger partial charge in [-0.25, -0.2) is 9.97 Å². The summed E-state index contributed by atoms with van der Waals surface area (Å²) in [5.41, 5.74) is 8.88. The Morgan fingerprint density at radius 3 is 1.82 bits per heavy atom. The maximum atomic E-state index is 5.52. The van der Waals surface area contributed by atoms with Crippen molar-refractivity contribution in [2.24, 2.45) is 0 Å². The van der Waals surface area contributed by atoms with Crippen LogP contribution in [0.25, 0.3) is 110 Å². The molecule has 12 aromatic rings. The topological polar surface area (TPSA) is 35.1 Å². The standard InChI is InChI=1S/C46H26N4/c1-2-13-29-25-30(22-21-27(29)11-1)43-35-24-23-28-12-3-4-14-31(28)44(35)48-46(47-43)50-39-20-10-6-16-33(39)41-40(50)26-36-32-15-5-8-18-37(32)49-38-19-9-7-17-34(38)42(41)45(36)49/h1-26H. The second-order valence-corrected chi connectivity index (χ2v) is 13.4. The van der Waals surface area contributed by atoms with E-state index < -0.39 is 0 Å². The number of nitrogens with zero attached hydrogens (tertiary/aromatic N) is 4. The number of aromatic nitrogens is 4. The molecule has 4 heterocycles. The molecular formula is C46H26N4. The van der Waals surface area contributed by atoms with E-state index in [1.807, 2.05) is 0 Å². The van der Waals surface area contributed by atoms with Crippen LogP contribution in [-0.4, -0.2) is 18.9 Å². The third kappa shape index (κ3) is 3.30. The molecule has 0 unspecified atom stereocenters. The Labute approximate surface area is 285 Å². The molecule has 8 aromatic carbocycles. The van der Waals surface area contributed by atoms with Crippen LogP contribution in [0.2, 0.25) is 0 Å². The van der Waals surface area contributed by atoms with Gasteiger partial charge in [0.2, 0.25) is 5.95 Å². The predicted molar refractivity (Wildman–Crippen MR) is 209 cm³/mol. The summed E-state index contributed by atoms with van der Waals surface area (Å²) >= 11 is 0. The normalized spacial score (nSPS) is 12.4. The fourth-order valence-corrected chi connectivity index (χ4v) is 8.69. The van der Waals surface area contributed by atoms with Crippen molar-refractivity contribution in [2.45, 2.75) is 0 Å². The summed E-state index contributed by atoms with van der Waals surface area (Å²) in [6.45, 7) is 0. The van der Waals surface area contributed by atoms with Gasteiger partial charge < -0.3 is 4.40 Å². The Morgan fingerprint density at radius 2 is 1.00 bits per heavy atom. The lowest BCUT2D eigenvalue weighted by Gasteiger charge is -2.14. The number of hydrogen-bond donors (Lipinski definition) is 0. The van der Waals surface area contributed by atoms with Gasteiger partial charge in [-0.3, -0.25) is 4.57 Å².